The summed E-state index contributed by atoms with van der Waals surface area (Å²) in [5, 5.41) is 3.18. The average molecular weight is 272 g/mol. The van der Waals surface area contributed by atoms with Gasteiger partial charge in [-0.25, -0.2) is 4.39 Å². The summed E-state index contributed by atoms with van der Waals surface area (Å²) >= 11 is 0. The SMILES string of the molecule is CNC(C)c1ccc(F)c(-c2ccccc2N(C)C)c1. The van der Waals surface area contributed by atoms with Crippen LogP contribution >= 0.6 is 0 Å². The fraction of sp³-hybridized carbons (Fsp3) is 0.294. The lowest BCUT2D eigenvalue weighted by atomic mass is 9.98. The molecule has 1 N–H and O–H groups in total. The summed E-state index contributed by atoms with van der Waals surface area (Å²) in [7, 11) is 5.84. The standard InChI is InChI=1S/C17H21FN2/c1-12(19-2)13-9-10-16(18)15(11-13)14-7-5-6-8-17(14)20(3)4/h5-12,19H,1-4H3. The molecule has 0 heterocycles. The number of rotatable bonds is 4. The molecule has 0 saturated carbocycles. The Bertz CT molecular complexity index is 593. The van der Waals surface area contributed by atoms with Crippen molar-refractivity contribution < 1.29 is 4.39 Å². The summed E-state index contributed by atoms with van der Waals surface area (Å²) in [4.78, 5) is 2.00. The molecule has 1 unspecified atom stereocenters. The van der Waals surface area contributed by atoms with E-state index in [1.807, 2.05) is 62.4 Å². The molecule has 0 aliphatic rings. The van der Waals surface area contributed by atoms with Gasteiger partial charge in [0.05, 0.1) is 0 Å². The molecule has 20 heavy (non-hydrogen) atoms. The molecule has 2 rings (SSSR count). The van der Waals surface area contributed by atoms with Crippen molar-refractivity contribution in [3.8, 4) is 11.1 Å². The second-order valence-electron chi connectivity index (χ2n) is 5.16. The number of nitrogens with one attached hydrogen (secondary N) is 1. The smallest absolute Gasteiger partial charge is 0.131 e. The zero-order chi connectivity index (χ0) is 14.7. The quantitative estimate of drug-likeness (QED) is 0.909. The topological polar surface area (TPSA) is 15.3 Å². The van der Waals surface area contributed by atoms with Crippen molar-refractivity contribution in [2.75, 3.05) is 26.0 Å². The summed E-state index contributed by atoms with van der Waals surface area (Å²) in [6, 6.07) is 13.4. The minimum absolute atomic E-state index is 0.189. The number of benzene rings is 2. The second-order valence-corrected chi connectivity index (χ2v) is 5.16. The molecule has 1 atom stereocenters. The first-order chi connectivity index (χ1) is 9.54. The molecular weight excluding hydrogens is 251 g/mol. The highest BCUT2D eigenvalue weighted by molar-refractivity contribution is 5.79. The van der Waals surface area contributed by atoms with Crippen molar-refractivity contribution in [1.29, 1.82) is 0 Å². The highest BCUT2D eigenvalue weighted by atomic mass is 19.1. The summed E-state index contributed by atoms with van der Waals surface area (Å²) in [6.07, 6.45) is 0. The summed E-state index contributed by atoms with van der Waals surface area (Å²) in [5.74, 6) is -0.189. The Kier molecular flexibility index (Phi) is 4.40. The van der Waals surface area contributed by atoms with E-state index in [0.29, 0.717) is 5.56 Å². The van der Waals surface area contributed by atoms with E-state index < -0.39 is 0 Å². The Morgan fingerprint density at radius 3 is 2.40 bits per heavy atom. The van der Waals surface area contributed by atoms with Crippen LogP contribution in [0.15, 0.2) is 42.5 Å². The average Bonchev–Trinajstić information content (AvgIpc) is 2.47. The maximum atomic E-state index is 14.2. The predicted octanol–water partition coefficient (Wildman–Crippen LogP) is 3.84. The van der Waals surface area contributed by atoms with Crippen LogP contribution in [0.25, 0.3) is 11.1 Å². The van der Waals surface area contributed by atoms with Gasteiger partial charge in [0.2, 0.25) is 0 Å². The number of para-hydroxylation sites is 1. The van der Waals surface area contributed by atoms with E-state index >= 15 is 0 Å². The lowest BCUT2D eigenvalue weighted by molar-refractivity contribution is 0.622. The lowest BCUT2D eigenvalue weighted by Gasteiger charge is -2.19. The number of anilines is 1. The van der Waals surface area contributed by atoms with E-state index in [1.54, 1.807) is 6.07 Å². The van der Waals surface area contributed by atoms with Crippen LogP contribution in [0.3, 0.4) is 0 Å². The third-order valence-electron chi connectivity index (χ3n) is 3.60. The minimum atomic E-state index is -0.189. The Morgan fingerprint density at radius 2 is 1.75 bits per heavy atom. The van der Waals surface area contributed by atoms with E-state index in [-0.39, 0.29) is 11.9 Å². The molecule has 0 aliphatic carbocycles. The van der Waals surface area contributed by atoms with Gasteiger partial charge in [-0.2, -0.15) is 0 Å². The highest BCUT2D eigenvalue weighted by Crippen LogP contribution is 2.33. The van der Waals surface area contributed by atoms with E-state index in [4.69, 9.17) is 0 Å². The molecule has 0 spiro atoms. The van der Waals surface area contributed by atoms with Crippen LogP contribution in [0, 0.1) is 5.82 Å². The molecule has 2 aromatic rings. The lowest BCUT2D eigenvalue weighted by Crippen LogP contribution is -2.13. The van der Waals surface area contributed by atoms with Crippen LogP contribution in [0.5, 0.6) is 0 Å². The fourth-order valence-electron chi connectivity index (χ4n) is 2.28. The van der Waals surface area contributed by atoms with Crippen molar-refractivity contribution in [2.24, 2.45) is 0 Å². The molecular formula is C17H21FN2. The number of nitrogens with zero attached hydrogens (tertiary/aromatic N) is 1. The van der Waals surface area contributed by atoms with Crippen molar-refractivity contribution in [3.05, 3.63) is 53.8 Å². The minimum Gasteiger partial charge on any atom is -0.377 e. The van der Waals surface area contributed by atoms with Gasteiger partial charge in [0.15, 0.2) is 0 Å². The van der Waals surface area contributed by atoms with Gasteiger partial charge >= 0.3 is 0 Å². The fourth-order valence-corrected chi connectivity index (χ4v) is 2.28. The Hall–Kier alpha value is -1.87. The van der Waals surface area contributed by atoms with E-state index in [1.165, 1.54) is 0 Å². The van der Waals surface area contributed by atoms with Crippen LogP contribution in [-0.4, -0.2) is 21.1 Å². The number of hydrogen-bond acceptors (Lipinski definition) is 2. The van der Waals surface area contributed by atoms with Crippen LogP contribution < -0.4 is 10.2 Å². The largest absolute Gasteiger partial charge is 0.377 e. The molecule has 0 aromatic heterocycles. The molecule has 2 nitrogen and oxygen atoms in total. The zero-order valence-electron chi connectivity index (χ0n) is 12.4. The monoisotopic (exact) mass is 272 g/mol. The van der Waals surface area contributed by atoms with Crippen LogP contribution in [-0.2, 0) is 0 Å². The molecule has 0 amide bonds. The molecule has 0 radical (unpaired) electrons. The van der Waals surface area contributed by atoms with Crippen molar-refractivity contribution in [1.82, 2.24) is 5.32 Å². The Morgan fingerprint density at radius 1 is 1.05 bits per heavy atom. The summed E-state index contributed by atoms with van der Waals surface area (Å²) < 4.78 is 14.2. The maximum absolute atomic E-state index is 14.2. The molecule has 0 fully saturated rings. The van der Waals surface area contributed by atoms with Gasteiger partial charge in [0, 0.05) is 37.0 Å². The molecule has 2 aromatic carbocycles. The first-order valence-corrected chi connectivity index (χ1v) is 6.78. The van der Waals surface area contributed by atoms with E-state index in [0.717, 1.165) is 16.8 Å². The molecule has 0 aliphatic heterocycles. The van der Waals surface area contributed by atoms with Gasteiger partial charge in [-0.3, -0.25) is 0 Å². The van der Waals surface area contributed by atoms with Crippen molar-refractivity contribution in [3.63, 3.8) is 0 Å². The third kappa shape index (κ3) is 2.83. The molecule has 0 saturated heterocycles. The van der Waals surface area contributed by atoms with Crippen molar-refractivity contribution >= 4 is 5.69 Å². The second kappa shape index (κ2) is 6.06. The van der Waals surface area contributed by atoms with Gasteiger partial charge in [-0.15, -0.1) is 0 Å². The first-order valence-electron chi connectivity index (χ1n) is 6.78. The molecule has 3 heteroatoms. The molecule has 106 valence electrons. The van der Waals surface area contributed by atoms with E-state index in [2.05, 4.69) is 12.2 Å². The third-order valence-corrected chi connectivity index (χ3v) is 3.60. The summed E-state index contributed by atoms with van der Waals surface area (Å²) in [6.45, 7) is 2.06. The van der Waals surface area contributed by atoms with Gasteiger partial charge in [0.25, 0.3) is 0 Å². The van der Waals surface area contributed by atoms with Crippen LogP contribution in [0.4, 0.5) is 10.1 Å². The van der Waals surface area contributed by atoms with Gasteiger partial charge < -0.3 is 10.2 Å². The van der Waals surface area contributed by atoms with Gasteiger partial charge in [0.1, 0.15) is 5.82 Å². The van der Waals surface area contributed by atoms with Crippen LogP contribution in [0.2, 0.25) is 0 Å². The number of hydrogen-bond donors (Lipinski definition) is 1. The zero-order valence-corrected chi connectivity index (χ0v) is 12.4. The molecule has 0 bridgehead atoms. The van der Waals surface area contributed by atoms with Gasteiger partial charge in [-0.05, 0) is 37.7 Å². The van der Waals surface area contributed by atoms with Crippen molar-refractivity contribution in [2.45, 2.75) is 13.0 Å². The predicted molar refractivity (Wildman–Crippen MR) is 83.6 cm³/mol. The first kappa shape index (κ1) is 14.5. The highest BCUT2D eigenvalue weighted by Gasteiger charge is 2.13. The number of halogens is 1. The summed E-state index contributed by atoms with van der Waals surface area (Å²) in [5.41, 5.74) is 3.66. The van der Waals surface area contributed by atoms with Gasteiger partial charge in [-0.1, -0.05) is 24.3 Å². The van der Waals surface area contributed by atoms with E-state index in [9.17, 15) is 4.39 Å². The Labute approximate surface area is 120 Å². The Balaban J connectivity index is 2.57. The normalized spacial score (nSPS) is 12.2. The van der Waals surface area contributed by atoms with Crippen LogP contribution in [0.1, 0.15) is 18.5 Å². The maximum Gasteiger partial charge on any atom is 0.131 e.